The Morgan fingerprint density at radius 3 is 2.08 bits per heavy atom. The van der Waals surface area contributed by atoms with Crippen molar-refractivity contribution in [1.82, 2.24) is 0 Å². The third kappa shape index (κ3) is 3.91. The highest BCUT2D eigenvalue weighted by molar-refractivity contribution is 8.08. The Labute approximate surface area is 164 Å². The number of thioether (sulfide) groups is 2. The zero-order chi connectivity index (χ0) is 18.5. The van der Waals surface area contributed by atoms with E-state index in [-0.39, 0.29) is 29.9 Å². The molecule has 0 aromatic heterocycles. The monoisotopic (exact) mass is 398 g/mol. The molecule has 4 rings (SSSR count). The summed E-state index contributed by atoms with van der Waals surface area (Å²) in [4.78, 5) is 24.6. The van der Waals surface area contributed by atoms with Crippen LogP contribution in [0.5, 0.6) is 0 Å². The predicted molar refractivity (Wildman–Crippen MR) is 105 cm³/mol. The molecule has 4 aliphatic rings. The van der Waals surface area contributed by atoms with Crippen LogP contribution in [-0.2, 0) is 19.1 Å². The fourth-order valence-corrected chi connectivity index (χ4v) is 7.24. The molecule has 2 aliphatic heterocycles. The first kappa shape index (κ1) is 19.0. The molecule has 0 spiro atoms. The highest BCUT2D eigenvalue weighted by atomic mass is 32.2. The van der Waals surface area contributed by atoms with E-state index in [1.165, 1.54) is 0 Å². The summed E-state index contributed by atoms with van der Waals surface area (Å²) < 4.78 is 12.0. The molecule has 0 aromatic carbocycles. The maximum atomic E-state index is 12.4. The largest absolute Gasteiger partial charge is 0.465 e. The summed E-state index contributed by atoms with van der Waals surface area (Å²) >= 11 is 4.02. The van der Waals surface area contributed by atoms with Crippen LogP contribution in [0.3, 0.4) is 0 Å². The van der Waals surface area contributed by atoms with E-state index < -0.39 is 0 Å². The quantitative estimate of drug-likeness (QED) is 0.494. The molecule has 7 atom stereocenters. The lowest BCUT2D eigenvalue weighted by molar-refractivity contribution is -0.156. The van der Waals surface area contributed by atoms with Crippen LogP contribution in [0, 0.1) is 11.8 Å². The molecule has 2 aliphatic carbocycles. The molecule has 2 saturated heterocycles. The Kier molecular flexibility index (Phi) is 5.04. The molecule has 7 unspecified atom stereocenters. The number of ether oxygens (including phenoxy) is 2. The van der Waals surface area contributed by atoms with Gasteiger partial charge in [-0.05, 0) is 59.3 Å². The summed E-state index contributed by atoms with van der Waals surface area (Å²) in [7, 11) is 0. The molecular weight excluding hydrogens is 368 g/mol. The molecule has 0 amide bonds. The molecule has 0 bridgehead atoms. The van der Waals surface area contributed by atoms with Gasteiger partial charge in [-0.25, -0.2) is 0 Å². The van der Waals surface area contributed by atoms with E-state index in [0.717, 1.165) is 38.5 Å². The average molecular weight is 399 g/mol. The normalized spacial score (nSPS) is 44.3. The minimum Gasteiger partial charge on any atom is -0.465 e. The number of fused-ring (bicyclic) bond motifs is 2. The Morgan fingerprint density at radius 2 is 1.54 bits per heavy atom. The van der Waals surface area contributed by atoms with Crippen molar-refractivity contribution in [2.45, 2.75) is 91.8 Å². The van der Waals surface area contributed by atoms with E-state index in [4.69, 9.17) is 9.47 Å². The predicted octanol–water partition coefficient (Wildman–Crippen LogP) is 4.20. The van der Waals surface area contributed by atoms with Crippen molar-refractivity contribution in [1.29, 1.82) is 0 Å². The van der Waals surface area contributed by atoms with Gasteiger partial charge in [0.1, 0.15) is 6.10 Å². The minimum atomic E-state index is -0.191. The fraction of sp³-hybridized carbons (Fsp3) is 0.900. The van der Waals surface area contributed by atoms with Crippen molar-refractivity contribution in [2.24, 2.45) is 11.8 Å². The van der Waals surface area contributed by atoms with Crippen molar-refractivity contribution in [3.8, 4) is 0 Å². The molecule has 26 heavy (non-hydrogen) atoms. The summed E-state index contributed by atoms with van der Waals surface area (Å²) in [6.07, 6.45) is 6.45. The summed E-state index contributed by atoms with van der Waals surface area (Å²) in [6.45, 7) is 6.85. The second kappa shape index (κ2) is 6.91. The van der Waals surface area contributed by atoms with Gasteiger partial charge in [-0.1, -0.05) is 0 Å². The van der Waals surface area contributed by atoms with Crippen LogP contribution in [0.2, 0.25) is 0 Å². The fourth-order valence-electron chi connectivity index (χ4n) is 4.52. The number of rotatable bonds is 6. The van der Waals surface area contributed by atoms with Gasteiger partial charge < -0.3 is 9.47 Å². The van der Waals surface area contributed by atoms with Gasteiger partial charge in [0.25, 0.3) is 0 Å². The number of carbonyl (C=O) groups excluding carboxylic acids is 2. The smallest absolute Gasteiger partial charge is 0.309 e. The third-order valence-corrected chi connectivity index (χ3v) is 10.3. The summed E-state index contributed by atoms with van der Waals surface area (Å²) in [5.74, 6) is 0.000269. The number of hydrogen-bond acceptors (Lipinski definition) is 6. The van der Waals surface area contributed by atoms with Gasteiger partial charge in [0.2, 0.25) is 0 Å². The zero-order valence-electron chi connectivity index (χ0n) is 16.0. The van der Waals surface area contributed by atoms with Crippen LogP contribution >= 0.6 is 23.5 Å². The average Bonchev–Trinajstić information content (AvgIpc) is 3.45. The van der Waals surface area contributed by atoms with Crippen molar-refractivity contribution in [3.05, 3.63) is 0 Å². The molecule has 4 fully saturated rings. The summed E-state index contributed by atoms with van der Waals surface area (Å²) in [6, 6.07) is 0. The molecule has 0 N–H and O–H groups in total. The Morgan fingerprint density at radius 1 is 1.00 bits per heavy atom. The van der Waals surface area contributed by atoms with E-state index in [2.05, 4.69) is 13.8 Å². The van der Waals surface area contributed by atoms with Gasteiger partial charge in [-0.3, -0.25) is 9.59 Å². The summed E-state index contributed by atoms with van der Waals surface area (Å²) in [5.41, 5.74) is 0. The lowest BCUT2D eigenvalue weighted by Gasteiger charge is -2.25. The topological polar surface area (TPSA) is 52.6 Å². The first-order valence-corrected chi connectivity index (χ1v) is 11.8. The molecule has 2 heterocycles. The second-order valence-electron chi connectivity index (χ2n) is 8.98. The minimum absolute atomic E-state index is 0.0562. The van der Waals surface area contributed by atoms with Gasteiger partial charge in [0.15, 0.2) is 0 Å². The molecule has 0 aromatic rings. The lowest BCUT2D eigenvalue weighted by atomic mass is 9.83. The van der Waals surface area contributed by atoms with E-state index in [9.17, 15) is 9.59 Å². The number of esters is 2. The van der Waals surface area contributed by atoms with E-state index >= 15 is 0 Å². The highest BCUT2D eigenvalue weighted by Gasteiger charge is 2.56. The van der Waals surface area contributed by atoms with Crippen LogP contribution in [0.15, 0.2) is 0 Å². The Balaban J connectivity index is 1.12. The highest BCUT2D eigenvalue weighted by Crippen LogP contribution is 2.63. The maximum absolute atomic E-state index is 12.4. The van der Waals surface area contributed by atoms with Crippen LogP contribution in [0.4, 0.5) is 0 Å². The van der Waals surface area contributed by atoms with Crippen molar-refractivity contribution in [2.75, 3.05) is 6.61 Å². The first-order valence-electron chi connectivity index (χ1n) is 10.0. The second-order valence-corrected chi connectivity index (χ2v) is 12.5. The standard InChI is InChI=1S/C20H30O4S2/c1-12(24-18(22)14-5-8-20(3)16(11-14)26-20)6-9-23-17(21)13-4-7-19(2)15(10-13)25-19/h12-16H,4-11H2,1-3H3. The number of hydrogen-bond donors (Lipinski definition) is 0. The Hall–Kier alpha value is -0.360. The van der Waals surface area contributed by atoms with Crippen LogP contribution in [0.1, 0.15) is 65.7 Å². The maximum Gasteiger partial charge on any atom is 0.309 e. The summed E-state index contributed by atoms with van der Waals surface area (Å²) in [5, 5.41) is 1.29. The molecule has 2 saturated carbocycles. The van der Waals surface area contributed by atoms with Crippen LogP contribution < -0.4 is 0 Å². The van der Waals surface area contributed by atoms with Gasteiger partial charge in [0, 0.05) is 26.4 Å². The van der Waals surface area contributed by atoms with E-state index in [0.29, 0.717) is 33.0 Å². The van der Waals surface area contributed by atoms with E-state index in [1.807, 2.05) is 30.4 Å². The van der Waals surface area contributed by atoms with Crippen molar-refractivity contribution in [3.63, 3.8) is 0 Å². The molecule has 6 heteroatoms. The van der Waals surface area contributed by atoms with Crippen molar-refractivity contribution >= 4 is 35.5 Å². The lowest BCUT2D eigenvalue weighted by Crippen LogP contribution is -2.30. The van der Waals surface area contributed by atoms with Crippen LogP contribution in [0.25, 0.3) is 0 Å². The molecule has 0 radical (unpaired) electrons. The molecular formula is C20H30O4S2. The van der Waals surface area contributed by atoms with Crippen LogP contribution in [-0.4, -0.2) is 44.6 Å². The van der Waals surface area contributed by atoms with Gasteiger partial charge >= 0.3 is 11.9 Å². The van der Waals surface area contributed by atoms with Gasteiger partial charge in [0.05, 0.1) is 18.4 Å². The molecule has 146 valence electrons. The van der Waals surface area contributed by atoms with E-state index in [1.54, 1.807) is 0 Å². The SMILES string of the molecule is CC(CCOC(=O)C1CCC2(C)SC2C1)OC(=O)C1CCC2(C)SC2C1. The van der Waals surface area contributed by atoms with Gasteiger partial charge in [-0.2, -0.15) is 0 Å². The number of carbonyl (C=O) groups is 2. The zero-order valence-corrected chi connectivity index (χ0v) is 17.6. The molecule has 4 nitrogen and oxygen atoms in total. The van der Waals surface area contributed by atoms with Crippen molar-refractivity contribution < 1.29 is 19.1 Å². The van der Waals surface area contributed by atoms with Gasteiger partial charge in [-0.15, -0.1) is 23.5 Å². The first-order chi connectivity index (χ1) is 12.3. The Bertz CT molecular complexity index is 596. The third-order valence-electron chi connectivity index (χ3n) is 6.80.